The molecule has 184 valence electrons. The maximum atomic E-state index is 13.0. The van der Waals surface area contributed by atoms with Gasteiger partial charge in [0.25, 0.3) is 11.5 Å². The van der Waals surface area contributed by atoms with Gasteiger partial charge in [0.15, 0.2) is 0 Å². The Labute approximate surface area is 203 Å². The normalized spacial score (nSPS) is 19.3. The van der Waals surface area contributed by atoms with Crippen molar-refractivity contribution in [1.29, 1.82) is 0 Å². The van der Waals surface area contributed by atoms with E-state index in [1.807, 2.05) is 15.8 Å². The molecule has 3 aromatic rings. The van der Waals surface area contributed by atoms with Crippen LogP contribution in [-0.4, -0.2) is 79.5 Å². The van der Waals surface area contributed by atoms with Crippen LogP contribution in [0.1, 0.15) is 41.1 Å². The van der Waals surface area contributed by atoms with Crippen molar-refractivity contribution in [1.82, 2.24) is 39.7 Å². The van der Waals surface area contributed by atoms with Crippen LogP contribution in [0.25, 0.3) is 10.9 Å². The van der Waals surface area contributed by atoms with Crippen LogP contribution in [0.5, 0.6) is 0 Å². The molecular formula is C25H32N8O2. The summed E-state index contributed by atoms with van der Waals surface area (Å²) < 4.78 is 3.65. The summed E-state index contributed by atoms with van der Waals surface area (Å²) in [6.45, 7) is 5.89. The number of amides is 1. The highest BCUT2D eigenvalue weighted by Gasteiger charge is 2.32. The maximum absolute atomic E-state index is 13.0. The molecule has 10 heteroatoms. The molecule has 0 unspecified atom stereocenters. The lowest BCUT2D eigenvalue weighted by atomic mass is 9.98. The first-order chi connectivity index (χ1) is 17.0. The third-order valence-corrected chi connectivity index (χ3v) is 7.63. The van der Waals surface area contributed by atoms with Crippen molar-refractivity contribution < 1.29 is 4.79 Å². The molecule has 5 heterocycles. The summed E-state index contributed by atoms with van der Waals surface area (Å²) in [4.78, 5) is 34.5. The summed E-state index contributed by atoms with van der Waals surface area (Å²) in [7, 11) is 2.17. The lowest BCUT2D eigenvalue weighted by Gasteiger charge is -2.39. The Morgan fingerprint density at radius 2 is 2.00 bits per heavy atom. The van der Waals surface area contributed by atoms with Gasteiger partial charge in [0.05, 0.1) is 16.6 Å². The first kappa shape index (κ1) is 22.4. The summed E-state index contributed by atoms with van der Waals surface area (Å²) in [6.07, 6.45) is 6.11. The van der Waals surface area contributed by atoms with Crippen molar-refractivity contribution >= 4 is 16.8 Å². The van der Waals surface area contributed by atoms with E-state index in [1.54, 1.807) is 22.8 Å². The van der Waals surface area contributed by atoms with Gasteiger partial charge < -0.3 is 15.1 Å². The van der Waals surface area contributed by atoms with Gasteiger partial charge in [-0.15, -0.1) is 5.10 Å². The zero-order chi connectivity index (χ0) is 23.9. The lowest BCUT2D eigenvalue weighted by Crippen LogP contribution is -2.51. The van der Waals surface area contributed by atoms with E-state index in [0.29, 0.717) is 41.5 Å². The minimum absolute atomic E-state index is 0.000685. The quantitative estimate of drug-likeness (QED) is 0.564. The molecule has 1 aromatic carbocycles. The van der Waals surface area contributed by atoms with Gasteiger partial charge >= 0.3 is 0 Å². The van der Waals surface area contributed by atoms with Gasteiger partial charge in [-0.1, -0.05) is 5.21 Å². The van der Waals surface area contributed by atoms with Crippen LogP contribution in [-0.2, 0) is 26.1 Å². The van der Waals surface area contributed by atoms with Gasteiger partial charge in [-0.05, 0) is 57.6 Å². The Morgan fingerprint density at radius 3 is 2.83 bits per heavy atom. The van der Waals surface area contributed by atoms with E-state index in [4.69, 9.17) is 0 Å². The Morgan fingerprint density at radius 1 is 1.17 bits per heavy atom. The molecular weight excluding hydrogens is 444 g/mol. The summed E-state index contributed by atoms with van der Waals surface area (Å²) in [5, 5.41) is 12.8. The van der Waals surface area contributed by atoms with Gasteiger partial charge in [-0.25, -0.2) is 4.98 Å². The zero-order valence-corrected chi connectivity index (χ0v) is 20.2. The minimum atomic E-state index is -0.00726. The summed E-state index contributed by atoms with van der Waals surface area (Å²) in [6, 6.07) is 5.82. The molecule has 35 heavy (non-hydrogen) atoms. The number of carbonyl (C=O) groups excluding carboxylic acids is 1. The molecule has 0 radical (unpaired) electrons. The third kappa shape index (κ3) is 4.48. The van der Waals surface area contributed by atoms with E-state index >= 15 is 0 Å². The molecule has 1 N–H and O–H groups in total. The number of rotatable bonds is 6. The van der Waals surface area contributed by atoms with Gasteiger partial charge in [0, 0.05) is 62.9 Å². The van der Waals surface area contributed by atoms with Crippen molar-refractivity contribution in [2.45, 2.75) is 51.4 Å². The van der Waals surface area contributed by atoms with Crippen LogP contribution >= 0.6 is 0 Å². The number of aryl methyl sites for hydroxylation is 1. The zero-order valence-electron chi connectivity index (χ0n) is 20.2. The van der Waals surface area contributed by atoms with Crippen LogP contribution in [0.4, 0.5) is 0 Å². The average molecular weight is 477 g/mol. The minimum Gasteiger partial charge on any atom is -0.338 e. The Bertz CT molecular complexity index is 1300. The lowest BCUT2D eigenvalue weighted by molar-refractivity contribution is 0.0460. The predicted molar refractivity (Wildman–Crippen MR) is 131 cm³/mol. The van der Waals surface area contributed by atoms with E-state index in [-0.39, 0.29) is 11.5 Å². The fourth-order valence-corrected chi connectivity index (χ4v) is 5.49. The van der Waals surface area contributed by atoms with Crippen LogP contribution < -0.4 is 10.9 Å². The standard InChI is InChI=1S/C25H32N8O2/c1-30-9-6-19(7-10-30)26-12-20-16-32(29-28-20)15-17-13-31(14-17)24(34)18-4-5-21-22(11-18)27-23-3-2-8-33(23)25(21)35/h4-5,11,16-17,19,26H,2-3,6-10,12-15H2,1H3. The van der Waals surface area contributed by atoms with E-state index in [1.165, 1.54) is 12.8 Å². The Balaban J connectivity index is 1.02. The van der Waals surface area contributed by atoms with E-state index in [0.717, 1.165) is 57.1 Å². The summed E-state index contributed by atoms with van der Waals surface area (Å²) >= 11 is 0. The van der Waals surface area contributed by atoms with Gasteiger partial charge in [-0.2, -0.15) is 0 Å². The molecule has 1 amide bonds. The van der Waals surface area contributed by atoms with Gasteiger partial charge in [-0.3, -0.25) is 18.8 Å². The number of nitrogens with one attached hydrogen (secondary N) is 1. The fraction of sp³-hybridized carbons (Fsp3) is 0.560. The average Bonchev–Trinajstić information content (AvgIpc) is 3.50. The van der Waals surface area contributed by atoms with Crippen molar-refractivity contribution in [2.75, 3.05) is 33.2 Å². The highest BCUT2D eigenvalue weighted by molar-refractivity contribution is 5.98. The van der Waals surface area contributed by atoms with Gasteiger partial charge in [0.1, 0.15) is 5.82 Å². The second kappa shape index (κ2) is 9.16. The molecule has 2 saturated heterocycles. The molecule has 3 aliphatic heterocycles. The van der Waals surface area contributed by atoms with Crippen molar-refractivity contribution in [3.05, 3.63) is 51.8 Å². The number of carbonyl (C=O) groups is 1. The number of aromatic nitrogens is 5. The number of hydrogen-bond donors (Lipinski definition) is 1. The first-order valence-corrected chi connectivity index (χ1v) is 12.7. The first-order valence-electron chi connectivity index (χ1n) is 12.7. The number of nitrogens with zero attached hydrogens (tertiary/aromatic N) is 7. The van der Waals surface area contributed by atoms with E-state index < -0.39 is 0 Å². The highest BCUT2D eigenvalue weighted by atomic mass is 16.2. The number of hydrogen-bond acceptors (Lipinski definition) is 7. The van der Waals surface area contributed by atoms with Crippen LogP contribution in [0.15, 0.2) is 29.2 Å². The van der Waals surface area contributed by atoms with Crippen molar-refractivity contribution in [3.8, 4) is 0 Å². The number of piperidine rings is 1. The second-order valence-corrected chi connectivity index (χ2v) is 10.3. The molecule has 10 nitrogen and oxygen atoms in total. The smallest absolute Gasteiger partial charge is 0.261 e. The van der Waals surface area contributed by atoms with Crippen LogP contribution in [0.2, 0.25) is 0 Å². The van der Waals surface area contributed by atoms with Crippen molar-refractivity contribution in [2.24, 2.45) is 5.92 Å². The number of benzene rings is 1. The molecule has 0 bridgehead atoms. The maximum Gasteiger partial charge on any atom is 0.261 e. The molecule has 0 aliphatic carbocycles. The predicted octanol–water partition coefficient (Wildman–Crippen LogP) is 0.890. The molecule has 6 rings (SSSR count). The molecule has 0 atom stereocenters. The van der Waals surface area contributed by atoms with Crippen molar-refractivity contribution in [3.63, 3.8) is 0 Å². The topological polar surface area (TPSA) is 101 Å². The Hall–Kier alpha value is -3.11. The van der Waals surface area contributed by atoms with Crippen LogP contribution in [0, 0.1) is 5.92 Å². The second-order valence-electron chi connectivity index (χ2n) is 10.3. The largest absolute Gasteiger partial charge is 0.338 e. The number of fused-ring (bicyclic) bond motifs is 2. The Kier molecular flexibility index (Phi) is 5.85. The summed E-state index contributed by atoms with van der Waals surface area (Å²) in [5.41, 5.74) is 2.17. The van der Waals surface area contributed by atoms with E-state index in [9.17, 15) is 9.59 Å². The molecule has 0 saturated carbocycles. The monoisotopic (exact) mass is 476 g/mol. The highest BCUT2D eigenvalue weighted by Crippen LogP contribution is 2.22. The molecule has 3 aliphatic rings. The fourth-order valence-electron chi connectivity index (χ4n) is 5.49. The van der Waals surface area contributed by atoms with E-state index in [2.05, 4.69) is 32.6 Å². The van der Waals surface area contributed by atoms with Gasteiger partial charge in [0.2, 0.25) is 0 Å². The van der Waals surface area contributed by atoms with Crippen LogP contribution in [0.3, 0.4) is 0 Å². The molecule has 2 aromatic heterocycles. The third-order valence-electron chi connectivity index (χ3n) is 7.63. The SMILES string of the molecule is CN1CCC(NCc2cn(CC3CN(C(=O)c4ccc5c(=O)n6c(nc5c4)CCC6)C3)nn2)CC1. The molecule has 0 spiro atoms. The number of likely N-dealkylation sites (tertiary alicyclic amines) is 2. The summed E-state index contributed by atoms with van der Waals surface area (Å²) in [5.74, 6) is 1.18. The molecule has 2 fully saturated rings.